The maximum absolute atomic E-state index is 13.4. The summed E-state index contributed by atoms with van der Waals surface area (Å²) in [6.07, 6.45) is 3.61. The van der Waals surface area contributed by atoms with E-state index in [0.29, 0.717) is 35.6 Å². The maximum atomic E-state index is 13.4. The van der Waals surface area contributed by atoms with Crippen molar-refractivity contribution >= 4 is 23.8 Å². The number of nitrogens with zero attached hydrogens (tertiary/aromatic N) is 3. The zero-order chi connectivity index (χ0) is 28.3. The number of rotatable bonds is 8. The summed E-state index contributed by atoms with van der Waals surface area (Å²) < 4.78 is 0. The van der Waals surface area contributed by atoms with Crippen LogP contribution in [-0.4, -0.2) is 77.1 Å². The van der Waals surface area contributed by atoms with Gasteiger partial charge in [-0.15, -0.1) is 0 Å². The van der Waals surface area contributed by atoms with Crippen molar-refractivity contribution in [3.05, 3.63) is 56.1 Å². The zero-order valence-corrected chi connectivity index (χ0v) is 23.7. The van der Waals surface area contributed by atoms with E-state index >= 15 is 0 Å². The van der Waals surface area contributed by atoms with E-state index in [1.165, 1.54) is 0 Å². The van der Waals surface area contributed by atoms with Gasteiger partial charge in [0.15, 0.2) is 0 Å². The van der Waals surface area contributed by atoms with Crippen LogP contribution in [0, 0.1) is 25.2 Å². The summed E-state index contributed by atoms with van der Waals surface area (Å²) in [6, 6.07) is 3.71. The average Bonchev–Trinajstić information content (AvgIpc) is 3.33. The van der Waals surface area contributed by atoms with Crippen LogP contribution in [0.3, 0.4) is 0 Å². The molecule has 0 aliphatic carbocycles. The molecule has 2 aromatic rings. The van der Waals surface area contributed by atoms with Crippen LogP contribution in [0.2, 0.25) is 0 Å². The molecule has 0 aromatic carbocycles. The summed E-state index contributed by atoms with van der Waals surface area (Å²) in [5.41, 5.74) is 3.42. The predicted molar refractivity (Wildman–Crippen MR) is 153 cm³/mol. The lowest BCUT2D eigenvalue weighted by atomic mass is 9.90. The molecule has 4 rings (SSSR count). The van der Waals surface area contributed by atoms with Crippen molar-refractivity contribution in [2.45, 2.75) is 65.5 Å². The quantitative estimate of drug-likeness (QED) is 0.384. The van der Waals surface area contributed by atoms with Crippen molar-refractivity contribution in [3.8, 4) is 0 Å². The third-order valence-electron chi connectivity index (χ3n) is 7.78. The number of hydrogen-bond donors (Lipinski definition) is 4. The Labute approximate surface area is 230 Å². The molecule has 0 spiro atoms. The van der Waals surface area contributed by atoms with Crippen molar-refractivity contribution in [2.24, 2.45) is 5.92 Å². The molecule has 4 N–H and O–H groups in total. The molecule has 10 heteroatoms. The lowest BCUT2D eigenvalue weighted by Crippen LogP contribution is -2.42. The molecule has 10 nitrogen and oxygen atoms in total. The molecule has 39 heavy (non-hydrogen) atoms. The molecule has 2 amide bonds. The number of hydrogen-bond acceptors (Lipinski definition) is 7. The second-order valence-electron chi connectivity index (χ2n) is 11.3. The third kappa shape index (κ3) is 6.55. The first-order valence-electron chi connectivity index (χ1n) is 13.8. The van der Waals surface area contributed by atoms with E-state index < -0.39 is 0 Å². The third-order valence-corrected chi connectivity index (χ3v) is 7.78. The number of anilines is 1. The summed E-state index contributed by atoms with van der Waals surface area (Å²) in [5, 5.41) is 14.2. The predicted octanol–water partition coefficient (Wildman–Crippen LogP) is 2.79. The van der Waals surface area contributed by atoms with Gasteiger partial charge in [0.2, 0.25) is 5.91 Å². The molecule has 2 saturated heterocycles. The number of nitrogens with one attached hydrogen (secondary N) is 4. The molecular weight excluding hydrogens is 494 g/mol. The van der Waals surface area contributed by atoms with E-state index in [4.69, 9.17) is 10.4 Å². The molecule has 0 saturated carbocycles. The average molecular weight is 536 g/mol. The highest BCUT2D eigenvalue weighted by Gasteiger charge is 2.33. The van der Waals surface area contributed by atoms with E-state index in [9.17, 15) is 14.4 Å². The highest BCUT2D eigenvalue weighted by Crippen LogP contribution is 2.31. The normalized spacial score (nSPS) is 18.4. The van der Waals surface area contributed by atoms with Crippen LogP contribution in [0.5, 0.6) is 0 Å². The van der Waals surface area contributed by atoms with E-state index in [1.807, 2.05) is 38.7 Å². The largest absolute Gasteiger partial charge is 0.367 e. The van der Waals surface area contributed by atoms with E-state index in [-0.39, 0.29) is 41.8 Å². The molecule has 4 heterocycles. The molecule has 0 bridgehead atoms. The van der Waals surface area contributed by atoms with Crippen LogP contribution in [0.1, 0.15) is 77.5 Å². The SMILES string of the molecule is Cc1cc(C)c(CNC(=O)c2cc(C3CCN(C(=O)C4CCN(C)C4)CC3)nc(NC(C)C)c2C=N)c(=O)[nH]1. The Morgan fingerprint density at radius 3 is 2.49 bits per heavy atom. The van der Waals surface area contributed by atoms with Gasteiger partial charge in [0.05, 0.1) is 11.5 Å². The summed E-state index contributed by atoms with van der Waals surface area (Å²) in [4.78, 5) is 50.7. The van der Waals surface area contributed by atoms with Gasteiger partial charge in [-0.2, -0.15) is 0 Å². The number of aromatic amines is 1. The summed E-state index contributed by atoms with van der Waals surface area (Å²) >= 11 is 0. The Bertz CT molecular complexity index is 1290. The second kappa shape index (κ2) is 12.1. The number of piperidine rings is 1. The van der Waals surface area contributed by atoms with E-state index in [1.54, 1.807) is 6.07 Å². The lowest BCUT2D eigenvalue weighted by molar-refractivity contribution is -0.136. The minimum absolute atomic E-state index is 0.0557. The van der Waals surface area contributed by atoms with E-state index in [0.717, 1.165) is 55.5 Å². The number of aromatic nitrogens is 2. The van der Waals surface area contributed by atoms with Crippen LogP contribution in [-0.2, 0) is 11.3 Å². The number of amides is 2. The molecule has 2 aromatic heterocycles. The Morgan fingerprint density at radius 2 is 1.90 bits per heavy atom. The molecule has 2 aliphatic rings. The summed E-state index contributed by atoms with van der Waals surface area (Å²) in [6.45, 7) is 10.8. The van der Waals surface area contributed by atoms with E-state index in [2.05, 4.69) is 27.6 Å². The minimum Gasteiger partial charge on any atom is -0.367 e. The van der Waals surface area contributed by atoms with Crippen LogP contribution in [0.4, 0.5) is 5.82 Å². The molecule has 2 fully saturated rings. The van der Waals surface area contributed by atoms with Gasteiger partial charge in [0.1, 0.15) is 5.82 Å². The first kappa shape index (κ1) is 28.5. The van der Waals surface area contributed by atoms with Gasteiger partial charge in [-0.25, -0.2) is 4.98 Å². The number of aryl methyl sites for hydroxylation is 2. The van der Waals surface area contributed by atoms with Gasteiger partial charge in [0.25, 0.3) is 11.5 Å². The fourth-order valence-corrected chi connectivity index (χ4v) is 5.66. The lowest BCUT2D eigenvalue weighted by Gasteiger charge is -2.33. The Morgan fingerprint density at radius 1 is 1.18 bits per heavy atom. The van der Waals surface area contributed by atoms with Crippen molar-refractivity contribution in [1.29, 1.82) is 5.41 Å². The fourth-order valence-electron chi connectivity index (χ4n) is 5.66. The topological polar surface area (TPSA) is 134 Å². The van der Waals surface area contributed by atoms with Gasteiger partial charge < -0.3 is 30.8 Å². The molecule has 2 aliphatic heterocycles. The van der Waals surface area contributed by atoms with Crippen molar-refractivity contribution in [3.63, 3.8) is 0 Å². The van der Waals surface area contributed by atoms with Gasteiger partial charge in [-0.3, -0.25) is 14.4 Å². The molecule has 1 atom stereocenters. The van der Waals surface area contributed by atoms with Gasteiger partial charge in [0, 0.05) is 66.9 Å². The van der Waals surface area contributed by atoms with Crippen LogP contribution in [0.25, 0.3) is 0 Å². The second-order valence-corrected chi connectivity index (χ2v) is 11.3. The van der Waals surface area contributed by atoms with Gasteiger partial charge in [-0.1, -0.05) is 0 Å². The van der Waals surface area contributed by atoms with Crippen LogP contribution in [0.15, 0.2) is 16.9 Å². The van der Waals surface area contributed by atoms with Crippen LogP contribution < -0.4 is 16.2 Å². The van der Waals surface area contributed by atoms with Crippen LogP contribution >= 0.6 is 0 Å². The van der Waals surface area contributed by atoms with Crippen molar-refractivity contribution < 1.29 is 9.59 Å². The highest BCUT2D eigenvalue weighted by atomic mass is 16.2. The summed E-state index contributed by atoms with van der Waals surface area (Å²) in [5.74, 6) is 0.564. The maximum Gasteiger partial charge on any atom is 0.253 e. The Balaban J connectivity index is 1.55. The Kier molecular flexibility index (Phi) is 8.84. The monoisotopic (exact) mass is 535 g/mol. The van der Waals surface area contributed by atoms with Crippen molar-refractivity contribution in [1.82, 2.24) is 25.1 Å². The smallest absolute Gasteiger partial charge is 0.253 e. The molecular formula is C29H41N7O3. The number of likely N-dealkylation sites (tertiary alicyclic amines) is 2. The highest BCUT2D eigenvalue weighted by molar-refractivity contribution is 6.04. The summed E-state index contributed by atoms with van der Waals surface area (Å²) in [7, 11) is 2.06. The van der Waals surface area contributed by atoms with Crippen molar-refractivity contribution in [2.75, 3.05) is 38.5 Å². The number of carbonyl (C=O) groups excluding carboxylic acids is 2. The first-order chi connectivity index (χ1) is 18.6. The zero-order valence-electron chi connectivity index (χ0n) is 23.7. The minimum atomic E-state index is -0.360. The first-order valence-corrected chi connectivity index (χ1v) is 13.8. The number of pyridine rings is 2. The standard InChI is InChI=1S/C29H41N7O3/c1-17(2)32-26-23(14-30)22(27(37)31-15-24-18(3)12-19(4)33-28(24)38)13-25(34-26)20-7-10-36(11-8-20)29(39)21-6-9-35(5)16-21/h12-14,17,20-21,30H,6-11,15-16H2,1-5H3,(H,31,37)(H,32,34)(H,33,38). The molecule has 0 radical (unpaired) electrons. The van der Waals surface area contributed by atoms with Gasteiger partial charge in [-0.05, 0) is 78.2 Å². The number of carbonyl (C=O) groups is 2. The number of H-pyrrole nitrogens is 1. The molecule has 210 valence electrons. The van der Waals surface area contributed by atoms with Gasteiger partial charge >= 0.3 is 0 Å². The Hall–Kier alpha value is -3.53. The fraction of sp³-hybridized carbons (Fsp3) is 0.552. The molecule has 1 unspecified atom stereocenters.